The Balaban J connectivity index is 2.05. The molecule has 24 heavy (non-hydrogen) atoms. The molecule has 0 radical (unpaired) electrons. The molecule has 2 rings (SSSR count). The molecule has 1 aliphatic heterocycles. The normalized spacial score (nSPS) is 31.8. The van der Waals surface area contributed by atoms with E-state index in [0.29, 0.717) is 0 Å². The first-order valence-electron chi connectivity index (χ1n) is 6.90. The molecule has 13 heteroatoms. The van der Waals surface area contributed by atoms with Crippen LogP contribution in [0, 0.1) is 0 Å². The number of carbonyl (C=O) groups excluding carboxylic acids is 1. The first kappa shape index (κ1) is 18.7. The second-order valence-electron chi connectivity index (χ2n) is 5.60. The van der Waals surface area contributed by atoms with Gasteiger partial charge in [0.15, 0.2) is 6.23 Å². The van der Waals surface area contributed by atoms with E-state index in [1.807, 2.05) is 0 Å². The first-order valence-corrected chi connectivity index (χ1v) is 8.31. The Morgan fingerprint density at radius 2 is 2.25 bits per heavy atom. The molecule has 2 heterocycles. The molecule has 12 nitrogen and oxygen atoms in total. The molecule has 5 N–H and O–H groups in total. The topological polar surface area (TPSA) is 179 Å². The van der Waals surface area contributed by atoms with Crippen molar-refractivity contribution in [3.05, 3.63) is 12.7 Å². The average molecular weight is 365 g/mol. The molecule has 0 spiro atoms. The Kier molecular flexibility index (Phi) is 5.22. The minimum atomic E-state index is -4.45. The molecular weight excluding hydrogens is 346 g/mol. The van der Waals surface area contributed by atoms with E-state index in [4.69, 9.17) is 10.5 Å². The summed E-state index contributed by atoms with van der Waals surface area (Å²) in [6.45, 7) is 1.99. The molecule has 0 aliphatic carbocycles. The van der Waals surface area contributed by atoms with Gasteiger partial charge in [0.05, 0.1) is 12.6 Å². The van der Waals surface area contributed by atoms with Crippen LogP contribution >= 0.6 is 0 Å². The van der Waals surface area contributed by atoms with Gasteiger partial charge in [0, 0.05) is 0 Å². The number of amides is 1. The largest absolute Gasteiger partial charge is 0.387 e. The van der Waals surface area contributed by atoms with E-state index in [2.05, 4.69) is 14.3 Å². The van der Waals surface area contributed by atoms with Gasteiger partial charge in [-0.1, -0.05) is 0 Å². The fraction of sp³-hybridized carbons (Fsp3) is 0.727. The number of hydrogen-bond donors (Lipinski definition) is 4. The van der Waals surface area contributed by atoms with Crippen molar-refractivity contribution in [2.45, 2.75) is 43.9 Å². The fourth-order valence-corrected chi connectivity index (χ4v) is 2.93. The highest BCUT2D eigenvalue weighted by atomic mass is 32.2. The molecular formula is C11H19N5O7S. The summed E-state index contributed by atoms with van der Waals surface area (Å²) in [6, 6.07) is -1.05. The molecule has 136 valence electrons. The molecule has 1 amide bonds. The van der Waals surface area contributed by atoms with E-state index in [1.54, 1.807) is 4.72 Å². The summed E-state index contributed by atoms with van der Waals surface area (Å²) in [4.78, 5) is 15.0. The Labute approximate surface area is 137 Å². The highest BCUT2D eigenvalue weighted by molar-refractivity contribution is 7.85. The monoisotopic (exact) mass is 365 g/mol. The number of aliphatic hydroxyl groups excluding tert-OH is 2. The van der Waals surface area contributed by atoms with Gasteiger partial charge in [-0.3, -0.25) is 8.98 Å². The van der Waals surface area contributed by atoms with Crippen LogP contribution in [0.2, 0.25) is 0 Å². The number of rotatable bonds is 6. The van der Waals surface area contributed by atoms with E-state index in [-0.39, 0.29) is 0 Å². The molecule has 0 bridgehead atoms. The van der Waals surface area contributed by atoms with Crippen LogP contribution in [0.4, 0.5) is 0 Å². The summed E-state index contributed by atoms with van der Waals surface area (Å²) in [6.07, 6.45) is -1.44. The Hall–Kier alpha value is -1.64. The van der Waals surface area contributed by atoms with E-state index < -0.39 is 52.9 Å². The maximum absolute atomic E-state index is 11.7. The van der Waals surface area contributed by atoms with Gasteiger partial charge in [0.2, 0.25) is 0 Å². The van der Waals surface area contributed by atoms with Gasteiger partial charge in [-0.15, -0.1) is 0 Å². The van der Waals surface area contributed by atoms with E-state index in [1.165, 1.54) is 31.2 Å². The van der Waals surface area contributed by atoms with Gasteiger partial charge in [0.25, 0.3) is 5.91 Å². The van der Waals surface area contributed by atoms with E-state index >= 15 is 0 Å². The minimum absolute atomic E-state index is 0.655. The van der Waals surface area contributed by atoms with Crippen molar-refractivity contribution in [1.29, 1.82) is 0 Å². The lowest BCUT2D eigenvalue weighted by atomic mass is 9.99. The summed E-state index contributed by atoms with van der Waals surface area (Å²) < 4.78 is 36.4. The molecule has 1 fully saturated rings. The summed E-state index contributed by atoms with van der Waals surface area (Å²) in [5, 5.41) is 24.0. The molecule has 0 unspecified atom stereocenters. The van der Waals surface area contributed by atoms with Crippen molar-refractivity contribution in [2.24, 2.45) is 5.73 Å². The predicted molar refractivity (Wildman–Crippen MR) is 77.2 cm³/mol. The van der Waals surface area contributed by atoms with Crippen molar-refractivity contribution >= 4 is 16.2 Å². The molecule has 5 atom stereocenters. The SMILES string of the molecule is C[C@@H](N)C(=O)NS(=O)(=O)OC[C@@]1(C)O[C@@H](n2cncn2)[C@H](O)[C@@H]1O. The zero-order chi connectivity index (χ0) is 18.1. The standard InChI is InChI=1S/C11H19N5O7S/c1-6(12)9(19)15-24(20,21)22-3-11(2)8(18)7(17)10(23-11)16-5-13-4-14-16/h4-8,10,17-18H,3,12H2,1-2H3,(H,15,19)/t6-,7-,8+,10-,11-/m1/s1. The zero-order valence-corrected chi connectivity index (χ0v) is 13.8. The fourth-order valence-electron chi connectivity index (χ4n) is 2.05. The molecule has 1 aromatic heterocycles. The maximum atomic E-state index is 11.7. The summed E-state index contributed by atoms with van der Waals surface area (Å²) in [7, 11) is -4.45. The van der Waals surface area contributed by atoms with Gasteiger partial charge in [-0.05, 0) is 13.8 Å². The van der Waals surface area contributed by atoms with Gasteiger partial charge in [-0.25, -0.2) is 14.4 Å². The van der Waals surface area contributed by atoms with E-state index in [0.717, 1.165) is 0 Å². The first-order chi connectivity index (χ1) is 11.1. The highest BCUT2D eigenvalue weighted by Gasteiger charge is 2.53. The van der Waals surface area contributed by atoms with Crippen LogP contribution in [0.3, 0.4) is 0 Å². The van der Waals surface area contributed by atoms with Crippen LogP contribution in [0.25, 0.3) is 0 Å². The minimum Gasteiger partial charge on any atom is -0.387 e. The second kappa shape index (κ2) is 6.70. The third-order valence-electron chi connectivity index (χ3n) is 3.47. The molecule has 1 aliphatic rings. The summed E-state index contributed by atoms with van der Waals surface area (Å²) >= 11 is 0. The maximum Gasteiger partial charge on any atom is 0.362 e. The van der Waals surface area contributed by atoms with Gasteiger partial charge in [-0.2, -0.15) is 13.5 Å². The van der Waals surface area contributed by atoms with Crippen molar-refractivity contribution in [1.82, 2.24) is 19.5 Å². The van der Waals surface area contributed by atoms with Gasteiger partial charge >= 0.3 is 10.3 Å². The quantitative estimate of drug-likeness (QED) is 0.406. The van der Waals surface area contributed by atoms with E-state index in [9.17, 15) is 23.4 Å². The highest BCUT2D eigenvalue weighted by Crippen LogP contribution is 2.36. The number of aromatic nitrogens is 3. The molecule has 0 aromatic carbocycles. The van der Waals surface area contributed by atoms with Gasteiger partial charge in [0.1, 0.15) is 30.5 Å². The molecule has 1 saturated heterocycles. The summed E-state index contributed by atoms with van der Waals surface area (Å²) in [5.74, 6) is -0.950. The Morgan fingerprint density at radius 1 is 1.58 bits per heavy atom. The Bertz CT molecular complexity index is 679. The van der Waals surface area contributed by atoms with Crippen LogP contribution < -0.4 is 10.5 Å². The van der Waals surface area contributed by atoms with Crippen LogP contribution in [-0.2, 0) is 24.0 Å². The predicted octanol–water partition coefficient (Wildman–Crippen LogP) is -2.99. The van der Waals surface area contributed by atoms with Crippen molar-refractivity contribution in [3.8, 4) is 0 Å². The number of nitrogens with one attached hydrogen (secondary N) is 1. The van der Waals surface area contributed by atoms with Crippen LogP contribution in [-0.4, -0.2) is 69.8 Å². The lowest BCUT2D eigenvalue weighted by Gasteiger charge is -2.26. The van der Waals surface area contributed by atoms with Crippen LogP contribution in [0.15, 0.2) is 12.7 Å². The Morgan fingerprint density at radius 3 is 2.79 bits per heavy atom. The van der Waals surface area contributed by atoms with Crippen molar-refractivity contribution < 1.29 is 32.3 Å². The molecule has 1 aromatic rings. The van der Waals surface area contributed by atoms with Crippen LogP contribution in [0.1, 0.15) is 20.1 Å². The third-order valence-corrected chi connectivity index (χ3v) is 4.35. The number of ether oxygens (including phenoxy) is 1. The smallest absolute Gasteiger partial charge is 0.362 e. The number of hydrogen-bond acceptors (Lipinski definition) is 10. The van der Waals surface area contributed by atoms with Crippen molar-refractivity contribution in [2.75, 3.05) is 6.61 Å². The van der Waals surface area contributed by atoms with Gasteiger partial charge < -0.3 is 20.7 Å². The number of nitrogens with two attached hydrogens (primary N) is 1. The lowest BCUT2D eigenvalue weighted by Crippen LogP contribution is -2.47. The zero-order valence-electron chi connectivity index (χ0n) is 12.9. The van der Waals surface area contributed by atoms with Crippen LogP contribution in [0.5, 0.6) is 0 Å². The average Bonchev–Trinajstić information content (AvgIpc) is 3.09. The lowest BCUT2D eigenvalue weighted by molar-refractivity contribution is -0.121. The molecule has 0 saturated carbocycles. The third kappa shape index (κ3) is 3.88. The summed E-state index contributed by atoms with van der Waals surface area (Å²) in [5.41, 5.74) is 3.69. The number of carbonyl (C=O) groups is 1. The van der Waals surface area contributed by atoms with Crippen molar-refractivity contribution in [3.63, 3.8) is 0 Å². The number of aliphatic hydroxyl groups is 2. The second-order valence-corrected chi connectivity index (χ2v) is 6.95. The number of nitrogens with zero attached hydrogens (tertiary/aromatic N) is 3.